The van der Waals surface area contributed by atoms with Crippen molar-refractivity contribution in [1.82, 2.24) is 9.78 Å². The van der Waals surface area contributed by atoms with Gasteiger partial charge in [-0.2, -0.15) is 5.10 Å². The number of fused-ring (bicyclic) bond motifs is 1. The fourth-order valence-corrected chi connectivity index (χ4v) is 1.83. The van der Waals surface area contributed by atoms with Gasteiger partial charge in [0.05, 0.1) is 5.69 Å². The van der Waals surface area contributed by atoms with E-state index in [-0.39, 0.29) is 0 Å². The summed E-state index contributed by atoms with van der Waals surface area (Å²) >= 11 is 3.38. The predicted molar refractivity (Wildman–Crippen MR) is 43.6 cm³/mol. The molecule has 0 saturated carbocycles. The molecule has 0 aliphatic heterocycles. The highest BCUT2D eigenvalue weighted by atomic mass is 79.9. The first-order valence-corrected chi connectivity index (χ1v) is 3.96. The van der Waals surface area contributed by atoms with Crippen LogP contribution < -0.4 is 0 Å². The van der Waals surface area contributed by atoms with Crippen molar-refractivity contribution in [2.24, 2.45) is 7.05 Å². The maximum absolute atomic E-state index is 4.21. The number of allylic oxidation sites excluding steroid dienone is 1. The van der Waals surface area contributed by atoms with Gasteiger partial charge in [-0.05, 0) is 15.9 Å². The normalized spacial score (nSPS) is 14.2. The second-order valence-corrected chi connectivity index (χ2v) is 3.13. The Hall–Kier alpha value is -0.570. The van der Waals surface area contributed by atoms with Crippen molar-refractivity contribution < 1.29 is 0 Å². The molecule has 3 heteroatoms. The summed E-state index contributed by atoms with van der Waals surface area (Å²) in [5, 5.41) is 4.21. The lowest BCUT2D eigenvalue weighted by atomic mass is 10.3. The average Bonchev–Trinajstić information content (AvgIpc) is 2.39. The first-order valence-electron chi connectivity index (χ1n) is 3.17. The van der Waals surface area contributed by atoms with Gasteiger partial charge in [-0.1, -0.05) is 12.2 Å². The lowest BCUT2D eigenvalue weighted by molar-refractivity contribution is 0.724. The van der Waals surface area contributed by atoms with E-state index >= 15 is 0 Å². The van der Waals surface area contributed by atoms with E-state index in [9.17, 15) is 0 Å². The number of halogens is 1. The minimum atomic E-state index is 0.957. The SMILES string of the molecule is Cn1nc(Br)c2c1CC=C2. The molecule has 1 aliphatic rings. The van der Waals surface area contributed by atoms with Crippen LogP contribution in [0, 0.1) is 0 Å². The molecular weight excluding hydrogens is 192 g/mol. The molecule has 1 aromatic rings. The lowest BCUT2D eigenvalue weighted by Crippen LogP contribution is -1.95. The third-order valence-electron chi connectivity index (χ3n) is 1.76. The van der Waals surface area contributed by atoms with Crippen LogP contribution in [0.4, 0.5) is 0 Å². The summed E-state index contributed by atoms with van der Waals surface area (Å²) in [5.41, 5.74) is 2.54. The quantitative estimate of drug-likeness (QED) is 0.622. The van der Waals surface area contributed by atoms with E-state index in [1.165, 1.54) is 11.3 Å². The zero-order chi connectivity index (χ0) is 7.14. The Morgan fingerprint density at radius 2 is 2.50 bits per heavy atom. The Bertz CT molecular complexity index is 299. The number of aromatic nitrogens is 2. The smallest absolute Gasteiger partial charge is 0.135 e. The Labute approximate surface area is 67.7 Å². The standard InChI is InChI=1S/C7H7BrN2/c1-10-6-4-2-3-5(6)7(8)9-10/h2-3H,4H2,1H3. The second kappa shape index (κ2) is 1.95. The topological polar surface area (TPSA) is 17.8 Å². The Morgan fingerprint density at radius 3 is 3.20 bits per heavy atom. The van der Waals surface area contributed by atoms with Gasteiger partial charge in [0.15, 0.2) is 0 Å². The zero-order valence-corrected chi connectivity index (χ0v) is 7.22. The zero-order valence-electron chi connectivity index (χ0n) is 5.63. The third-order valence-corrected chi connectivity index (χ3v) is 2.34. The monoisotopic (exact) mass is 198 g/mol. The van der Waals surface area contributed by atoms with E-state index in [0.717, 1.165) is 11.0 Å². The summed E-state index contributed by atoms with van der Waals surface area (Å²) in [6.45, 7) is 0. The summed E-state index contributed by atoms with van der Waals surface area (Å²) in [6, 6.07) is 0. The summed E-state index contributed by atoms with van der Waals surface area (Å²) in [6.07, 6.45) is 5.27. The van der Waals surface area contributed by atoms with Crippen molar-refractivity contribution in [3.8, 4) is 0 Å². The maximum atomic E-state index is 4.21. The summed E-state index contributed by atoms with van der Waals surface area (Å²) in [5.74, 6) is 0. The number of nitrogens with zero attached hydrogens (tertiary/aromatic N) is 2. The predicted octanol–water partition coefficient (Wildman–Crippen LogP) is 1.75. The molecule has 0 spiro atoms. The maximum Gasteiger partial charge on any atom is 0.135 e. The van der Waals surface area contributed by atoms with E-state index < -0.39 is 0 Å². The van der Waals surface area contributed by atoms with E-state index in [1.54, 1.807) is 0 Å². The first kappa shape index (κ1) is 6.16. The Balaban J connectivity index is 2.70. The van der Waals surface area contributed by atoms with Crippen LogP contribution in [0.25, 0.3) is 6.08 Å². The second-order valence-electron chi connectivity index (χ2n) is 2.38. The molecule has 0 saturated heterocycles. The van der Waals surface area contributed by atoms with E-state index in [1.807, 2.05) is 11.7 Å². The van der Waals surface area contributed by atoms with Crippen LogP contribution in [0.1, 0.15) is 11.3 Å². The highest BCUT2D eigenvalue weighted by Gasteiger charge is 2.13. The van der Waals surface area contributed by atoms with Crippen molar-refractivity contribution in [1.29, 1.82) is 0 Å². The van der Waals surface area contributed by atoms with Crippen molar-refractivity contribution in [3.63, 3.8) is 0 Å². The minimum absolute atomic E-state index is 0.957. The molecule has 0 amide bonds. The van der Waals surface area contributed by atoms with Gasteiger partial charge in [0.2, 0.25) is 0 Å². The van der Waals surface area contributed by atoms with Gasteiger partial charge in [0.1, 0.15) is 4.60 Å². The third kappa shape index (κ3) is 0.669. The molecule has 1 aliphatic carbocycles. The number of hydrogen-bond acceptors (Lipinski definition) is 1. The molecule has 0 aromatic carbocycles. The lowest BCUT2D eigenvalue weighted by Gasteiger charge is -1.92. The molecule has 10 heavy (non-hydrogen) atoms. The number of rotatable bonds is 0. The summed E-state index contributed by atoms with van der Waals surface area (Å²) in [4.78, 5) is 0. The molecule has 52 valence electrons. The van der Waals surface area contributed by atoms with Crippen LogP contribution >= 0.6 is 15.9 Å². The molecule has 0 unspecified atom stereocenters. The molecule has 2 nitrogen and oxygen atoms in total. The van der Waals surface area contributed by atoms with E-state index in [0.29, 0.717) is 0 Å². The molecule has 0 fully saturated rings. The van der Waals surface area contributed by atoms with Crippen molar-refractivity contribution in [3.05, 3.63) is 21.9 Å². The molecular formula is C7H7BrN2. The van der Waals surface area contributed by atoms with E-state index in [2.05, 4.69) is 33.2 Å². The van der Waals surface area contributed by atoms with Crippen molar-refractivity contribution in [2.45, 2.75) is 6.42 Å². The van der Waals surface area contributed by atoms with Crippen molar-refractivity contribution >= 4 is 22.0 Å². The Morgan fingerprint density at radius 1 is 1.70 bits per heavy atom. The largest absolute Gasteiger partial charge is 0.271 e. The Kier molecular flexibility index (Phi) is 1.20. The van der Waals surface area contributed by atoms with Crippen LogP contribution in [0.5, 0.6) is 0 Å². The van der Waals surface area contributed by atoms with Crippen LogP contribution in [-0.4, -0.2) is 9.78 Å². The minimum Gasteiger partial charge on any atom is -0.271 e. The van der Waals surface area contributed by atoms with Crippen LogP contribution in [-0.2, 0) is 13.5 Å². The summed E-state index contributed by atoms with van der Waals surface area (Å²) in [7, 11) is 1.97. The van der Waals surface area contributed by atoms with Crippen molar-refractivity contribution in [2.75, 3.05) is 0 Å². The molecule has 0 bridgehead atoms. The van der Waals surface area contributed by atoms with Crippen LogP contribution in [0.15, 0.2) is 10.7 Å². The summed E-state index contributed by atoms with van der Waals surface area (Å²) < 4.78 is 2.87. The van der Waals surface area contributed by atoms with Gasteiger partial charge in [-0.3, -0.25) is 4.68 Å². The van der Waals surface area contributed by atoms with Gasteiger partial charge in [-0.15, -0.1) is 0 Å². The van der Waals surface area contributed by atoms with Crippen LogP contribution in [0.3, 0.4) is 0 Å². The number of aryl methyl sites for hydroxylation is 1. The molecule has 0 N–H and O–H groups in total. The number of hydrogen-bond donors (Lipinski definition) is 0. The highest BCUT2D eigenvalue weighted by molar-refractivity contribution is 9.10. The molecule has 0 radical (unpaired) electrons. The molecule has 1 aromatic heterocycles. The molecule has 2 rings (SSSR count). The van der Waals surface area contributed by atoms with Gasteiger partial charge in [-0.25, -0.2) is 0 Å². The van der Waals surface area contributed by atoms with Gasteiger partial charge in [0.25, 0.3) is 0 Å². The fraction of sp³-hybridized carbons (Fsp3) is 0.286. The first-order chi connectivity index (χ1) is 4.79. The van der Waals surface area contributed by atoms with Gasteiger partial charge in [0, 0.05) is 19.0 Å². The van der Waals surface area contributed by atoms with Gasteiger partial charge < -0.3 is 0 Å². The average molecular weight is 199 g/mol. The fourth-order valence-electron chi connectivity index (χ4n) is 1.23. The van der Waals surface area contributed by atoms with Crippen LogP contribution in [0.2, 0.25) is 0 Å². The highest BCUT2D eigenvalue weighted by Crippen LogP contribution is 2.25. The molecule has 1 heterocycles. The van der Waals surface area contributed by atoms with Gasteiger partial charge >= 0.3 is 0 Å². The van der Waals surface area contributed by atoms with E-state index in [4.69, 9.17) is 0 Å². The molecule has 0 atom stereocenters.